The monoisotopic (exact) mass is 345 g/mol. The molecule has 7 nitrogen and oxygen atoms in total. The Bertz CT molecular complexity index is 719. The summed E-state index contributed by atoms with van der Waals surface area (Å²) in [6.45, 7) is 9.87. The van der Waals surface area contributed by atoms with E-state index in [9.17, 15) is 4.79 Å². The Morgan fingerprint density at radius 1 is 1.24 bits per heavy atom. The van der Waals surface area contributed by atoms with Gasteiger partial charge in [-0.3, -0.25) is 4.79 Å². The second kappa shape index (κ2) is 8.20. The molecule has 2 heterocycles. The summed E-state index contributed by atoms with van der Waals surface area (Å²) in [6.07, 6.45) is 3.08. The van der Waals surface area contributed by atoms with Crippen LogP contribution in [-0.4, -0.2) is 43.4 Å². The van der Waals surface area contributed by atoms with Crippen LogP contribution in [0.4, 0.5) is 0 Å². The minimum atomic E-state index is -0.162. The summed E-state index contributed by atoms with van der Waals surface area (Å²) in [5.41, 5.74) is 2.96. The van der Waals surface area contributed by atoms with Crippen LogP contribution in [0.25, 0.3) is 5.95 Å². The summed E-state index contributed by atoms with van der Waals surface area (Å²) in [6, 6.07) is 1.88. The fourth-order valence-corrected chi connectivity index (χ4v) is 2.67. The van der Waals surface area contributed by atoms with E-state index in [0.717, 1.165) is 23.5 Å². The van der Waals surface area contributed by atoms with Gasteiger partial charge in [0.15, 0.2) is 0 Å². The van der Waals surface area contributed by atoms with Crippen LogP contribution in [0.15, 0.2) is 12.3 Å². The predicted molar refractivity (Wildman–Crippen MR) is 96.0 cm³/mol. The molecular weight excluding hydrogens is 318 g/mol. The fraction of sp³-hybridized carbons (Fsp3) is 0.556. The molecule has 0 radical (unpaired) electrons. The molecule has 0 aliphatic heterocycles. The van der Waals surface area contributed by atoms with E-state index in [1.807, 2.05) is 40.7 Å². The number of aromatic nitrogens is 4. The molecular formula is C18H27N5O2. The van der Waals surface area contributed by atoms with Gasteiger partial charge in [-0.2, -0.15) is 5.10 Å². The highest BCUT2D eigenvalue weighted by atomic mass is 16.3. The van der Waals surface area contributed by atoms with Crippen molar-refractivity contribution in [2.24, 2.45) is 0 Å². The molecule has 0 aliphatic carbocycles. The third kappa shape index (κ3) is 4.85. The van der Waals surface area contributed by atoms with E-state index in [2.05, 4.69) is 20.4 Å². The fourth-order valence-electron chi connectivity index (χ4n) is 2.67. The van der Waals surface area contributed by atoms with Crippen molar-refractivity contribution in [1.29, 1.82) is 0 Å². The number of rotatable bonds is 7. The smallest absolute Gasteiger partial charge is 0.254 e. The molecule has 0 aliphatic rings. The molecule has 0 bridgehead atoms. The summed E-state index contributed by atoms with van der Waals surface area (Å²) < 4.78 is 1.57. The van der Waals surface area contributed by atoms with E-state index in [-0.39, 0.29) is 24.5 Å². The van der Waals surface area contributed by atoms with Gasteiger partial charge in [0.05, 0.1) is 11.3 Å². The number of hydrogen-bond acceptors (Lipinski definition) is 5. The highest BCUT2D eigenvalue weighted by Gasteiger charge is 2.21. The first-order chi connectivity index (χ1) is 11.8. The zero-order chi connectivity index (χ0) is 18.6. The highest BCUT2D eigenvalue weighted by Crippen LogP contribution is 2.19. The molecule has 0 saturated carbocycles. The van der Waals surface area contributed by atoms with Crippen molar-refractivity contribution >= 4 is 5.91 Å². The minimum Gasteiger partial charge on any atom is -0.396 e. The summed E-state index contributed by atoms with van der Waals surface area (Å²) in [4.78, 5) is 21.5. The van der Waals surface area contributed by atoms with Crippen molar-refractivity contribution in [3.8, 4) is 5.95 Å². The summed E-state index contributed by atoms with van der Waals surface area (Å²) in [5, 5.41) is 16.4. The SMILES string of the molecule is Cc1cc(C)nc(-n2cc(C(=O)NC(C)CCCO)c(C(C)C)n2)n1. The van der Waals surface area contributed by atoms with Gasteiger partial charge in [-0.15, -0.1) is 0 Å². The van der Waals surface area contributed by atoms with Crippen molar-refractivity contribution in [2.45, 2.75) is 59.4 Å². The predicted octanol–water partition coefficient (Wildman–Crippen LogP) is 2.29. The Balaban J connectivity index is 2.31. The standard InChI is InChI=1S/C18H27N5O2/c1-11(2)16-15(17(25)19-12(3)7-6-8-24)10-23(22-16)18-20-13(4)9-14(5)21-18/h9-12,24H,6-8H2,1-5H3,(H,19,25). The van der Waals surface area contributed by atoms with Crippen LogP contribution in [0.5, 0.6) is 0 Å². The number of aliphatic hydroxyl groups excluding tert-OH is 1. The molecule has 2 aromatic heterocycles. The molecule has 0 aromatic carbocycles. The van der Waals surface area contributed by atoms with E-state index in [1.54, 1.807) is 10.9 Å². The second-order valence-electron chi connectivity index (χ2n) is 6.72. The van der Waals surface area contributed by atoms with Crippen molar-refractivity contribution in [3.05, 3.63) is 34.9 Å². The number of carbonyl (C=O) groups is 1. The number of nitrogens with one attached hydrogen (secondary N) is 1. The molecule has 1 atom stereocenters. The van der Waals surface area contributed by atoms with Gasteiger partial charge in [-0.25, -0.2) is 14.6 Å². The Labute approximate surface area is 148 Å². The first-order valence-electron chi connectivity index (χ1n) is 8.65. The van der Waals surface area contributed by atoms with Crippen LogP contribution in [-0.2, 0) is 0 Å². The van der Waals surface area contributed by atoms with E-state index in [0.29, 0.717) is 17.9 Å². The van der Waals surface area contributed by atoms with Crippen molar-refractivity contribution in [3.63, 3.8) is 0 Å². The van der Waals surface area contributed by atoms with Crippen LogP contribution < -0.4 is 5.32 Å². The molecule has 0 fully saturated rings. The number of aliphatic hydroxyl groups is 1. The zero-order valence-electron chi connectivity index (χ0n) is 15.6. The van der Waals surface area contributed by atoms with Gasteiger partial charge < -0.3 is 10.4 Å². The Morgan fingerprint density at radius 2 is 1.88 bits per heavy atom. The first-order valence-corrected chi connectivity index (χ1v) is 8.65. The number of carbonyl (C=O) groups excluding carboxylic acids is 1. The van der Waals surface area contributed by atoms with Crippen LogP contribution in [0.2, 0.25) is 0 Å². The van der Waals surface area contributed by atoms with Crippen LogP contribution >= 0.6 is 0 Å². The molecule has 2 rings (SSSR count). The van der Waals surface area contributed by atoms with Crippen LogP contribution in [0.1, 0.15) is 67.0 Å². The summed E-state index contributed by atoms with van der Waals surface area (Å²) in [5.74, 6) is 0.400. The van der Waals surface area contributed by atoms with Gasteiger partial charge in [0, 0.05) is 30.2 Å². The van der Waals surface area contributed by atoms with E-state index >= 15 is 0 Å². The van der Waals surface area contributed by atoms with Gasteiger partial charge in [-0.1, -0.05) is 13.8 Å². The lowest BCUT2D eigenvalue weighted by atomic mass is 10.1. The number of hydrogen-bond donors (Lipinski definition) is 2. The van der Waals surface area contributed by atoms with Gasteiger partial charge >= 0.3 is 0 Å². The Hall–Kier alpha value is -2.28. The van der Waals surface area contributed by atoms with Crippen molar-refractivity contribution in [2.75, 3.05) is 6.61 Å². The number of amides is 1. The van der Waals surface area contributed by atoms with E-state index < -0.39 is 0 Å². The van der Waals surface area contributed by atoms with Crippen LogP contribution in [0.3, 0.4) is 0 Å². The molecule has 136 valence electrons. The molecule has 2 aromatic rings. The molecule has 7 heteroatoms. The molecule has 1 unspecified atom stereocenters. The largest absolute Gasteiger partial charge is 0.396 e. The third-order valence-electron chi connectivity index (χ3n) is 3.88. The van der Waals surface area contributed by atoms with Gasteiger partial charge in [0.2, 0.25) is 0 Å². The Kier molecular flexibility index (Phi) is 6.25. The van der Waals surface area contributed by atoms with Crippen molar-refractivity contribution < 1.29 is 9.90 Å². The molecule has 0 spiro atoms. The van der Waals surface area contributed by atoms with Gasteiger partial charge in [0.1, 0.15) is 0 Å². The first kappa shape index (κ1) is 19.1. The average Bonchev–Trinajstić information content (AvgIpc) is 2.97. The minimum absolute atomic E-state index is 0.0134. The summed E-state index contributed by atoms with van der Waals surface area (Å²) >= 11 is 0. The highest BCUT2D eigenvalue weighted by molar-refractivity contribution is 5.95. The topological polar surface area (TPSA) is 92.9 Å². The van der Waals surface area contributed by atoms with Crippen molar-refractivity contribution in [1.82, 2.24) is 25.1 Å². The quantitative estimate of drug-likeness (QED) is 0.803. The van der Waals surface area contributed by atoms with E-state index in [1.165, 1.54) is 0 Å². The zero-order valence-corrected chi connectivity index (χ0v) is 15.6. The average molecular weight is 345 g/mol. The Morgan fingerprint density at radius 3 is 2.44 bits per heavy atom. The molecule has 0 saturated heterocycles. The number of nitrogens with zero attached hydrogens (tertiary/aromatic N) is 4. The number of aryl methyl sites for hydroxylation is 2. The lowest BCUT2D eigenvalue weighted by molar-refractivity contribution is 0.0935. The lowest BCUT2D eigenvalue weighted by Gasteiger charge is -2.13. The third-order valence-corrected chi connectivity index (χ3v) is 3.88. The summed E-state index contributed by atoms with van der Waals surface area (Å²) in [7, 11) is 0. The van der Waals surface area contributed by atoms with E-state index in [4.69, 9.17) is 5.11 Å². The molecule has 1 amide bonds. The maximum atomic E-state index is 12.7. The maximum absolute atomic E-state index is 12.7. The molecule has 2 N–H and O–H groups in total. The molecule has 25 heavy (non-hydrogen) atoms. The van der Waals surface area contributed by atoms with Gasteiger partial charge in [-0.05, 0) is 45.6 Å². The van der Waals surface area contributed by atoms with Crippen LogP contribution in [0, 0.1) is 13.8 Å². The lowest BCUT2D eigenvalue weighted by Crippen LogP contribution is -2.33. The second-order valence-corrected chi connectivity index (χ2v) is 6.72. The normalized spacial score (nSPS) is 12.4. The van der Waals surface area contributed by atoms with Gasteiger partial charge in [0.25, 0.3) is 11.9 Å². The maximum Gasteiger partial charge on any atom is 0.254 e.